The third kappa shape index (κ3) is 2.92. The van der Waals surface area contributed by atoms with Crippen LogP contribution in [0, 0.1) is 12.8 Å². The Morgan fingerprint density at radius 3 is 2.77 bits per heavy atom. The third-order valence-corrected chi connectivity index (χ3v) is 5.11. The van der Waals surface area contributed by atoms with E-state index in [4.69, 9.17) is 10.2 Å². The fraction of sp³-hybridized carbons (Fsp3) is 0.375. The molecule has 1 aliphatic rings. The van der Waals surface area contributed by atoms with E-state index < -0.39 is 0 Å². The minimum atomic E-state index is -0.333. The van der Waals surface area contributed by atoms with Gasteiger partial charge in [-0.25, -0.2) is 0 Å². The Morgan fingerprint density at radius 1 is 1.27 bits per heavy atom. The fourth-order valence-electron chi connectivity index (χ4n) is 2.87. The van der Waals surface area contributed by atoms with Gasteiger partial charge in [0, 0.05) is 6.04 Å². The van der Waals surface area contributed by atoms with E-state index in [2.05, 4.69) is 5.32 Å². The lowest BCUT2D eigenvalue weighted by Gasteiger charge is -2.17. The van der Waals surface area contributed by atoms with Gasteiger partial charge in [-0.05, 0) is 44.0 Å². The molecular weight excluding hydrogens is 300 g/mol. The summed E-state index contributed by atoms with van der Waals surface area (Å²) >= 11 is 1.38. The summed E-state index contributed by atoms with van der Waals surface area (Å²) in [5.74, 6) is 0.858. The maximum Gasteiger partial charge on any atom is 0.261 e. The topological polar surface area (TPSA) is 85.3 Å². The summed E-state index contributed by atoms with van der Waals surface area (Å²) in [6, 6.07) is 7.29. The number of rotatable bonds is 4. The molecule has 2 heterocycles. The van der Waals surface area contributed by atoms with Gasteiger partial charge in [0.2, 0.25) is 5.91 Å². The molecule has 3 rings (SSSR count). The summed E-state index contributed by atoms with van der Waals surface area (Å²) in [7, 11) is 0. The molecule has 2 aromatic rings. The number of thiophene rings is 1. The second-order valence-electron chi connectivity index (χ2n) is 5.59. The Morgan fingerprint density at radius 2 is 2.09 bits per heavy atom. The van der Waals surface area contributed by atoms with Crippen LogP contribution in [0.5, 0.6) is 0 Å². The zero-order chi connectivity index (χ0) is 15.7. The molecule has 0 saturated heterocycles. The van der Waals surface area contributed by atoms with Crippen molar-refractivity contribution in [2.75, 3.05) is 0 Å². The van der Waals surface area contributed by atoms with Crippen molar-refractivity contribution in [3.63, 3.8) is 0 Å². The number of carbonyl (C=O) groups is 2. The van der Waals surface area contributed by atoms with Crippen LogP contribution in [0.15, 0.2) is 28.7 Å². The van der Waals surface area contributed by atoms with Crippen molar-refractivity contribution in [3.8, 4) is 10.6 Å². The summed E-state index contributed by atoms with van der Waals surface area (Å²) in [5.41, 5.74) is 5.38. The van der Waals surface area contributed by atoms with Gasteiger partial charge in [0.25, 0.3) is 5.91 Å². The molecule has 0 unspecified atom stereocenters. The molecule has 0 spiro atoms. The summed E-state index contributed by atoms with van der Waals surface area (Å²) in [4.78, 5) is 25.2. The number of hydrogen-bond acceptors (Lipinski definition) is 4. The second-order valence-corrected chi connectivity index (χ2v) is 6.68. The predicted octanol–water partition coefficient (Wildman–Crippen LogP) is 2.70. The molecule has 2 aromatic heterocycles. The van der Waals surface area contributed by atoms with E-state index in [-0.39, 0.29) is 23.8 Å². The first kappa shape index (κ1) is 14.8. The molecule has 0 aliphatic heterocycles. The molecule has 0 radical (unpaired) electrons. The lowest BCUT2D eigenvalue weighted by atomic mass is 10.0. The predicted molar refractivity (Wildman–Crippen MR) is 84.5 cm³/mol. The van der Waals surface area contributed by atoms with E-state index in [9.17, 15) is 9.59 Å². The highest BCUT2D eigenvalue weighted by Crippen LogP contribution is 2.30. The second kappa shape index (κ2) is 5.96. The van der Waals surface area contributed by atoms with Crippen LogP contribution in [0.25, 0.3) is 10.6 Å². The lowest BCUT2D eigenvalue weighted by molar-refractivity contribution is -0.122. The van der Waals surface area contributed by atoms with Crippen molar-refractivity contribution in [2.24, 2.45) is 11.7 Å². The number of amides is 2. The largest absolute Gasteiger partial charge is 0.461 e. The van der Waals surface area contributed by atoms with E-state index in [1.165, 1.54) is 11.3 Å². The minimum Gasteiger partial charge on any atom is -0.461 e. The van der Waals surface area contributed by atoms with Crippen LogP contribution in [0.2, 0.25) is 0 Å². The van der Waals surface area contributed by atoms with Crippen molar-refractivity contribution < 1.29 is 14.0 Å². The van der Waals surface area contributed by atoms with Gasteiger partial charge in [-0.2, -0.15) is 0 Å². The van der Waals surface area contributed by atoms with Gasteiger partial charge in [-0.3, -0.25) is 9.59 Å². The number of carbonyl (C=O) groups excluding carboxylic acids is 2. The van der Waals surface area contributed by atoms with Gasteiger partial charge in [0.05, 0.1) is 15.7 Å². The Labute approximate surface area is 132 Å². The van der Waals surface area contributed by atoms with E-state index >= 15 is 0 Å². The standard InChI is InChI=1S/C16H18N2O3S/c1-9-5-6-12(21-9)13-7-8-14(22-13)16(20)18-11-4-2-3-10(11)15(17)19/h5-8,10-11H,2-4H2,1H3,(H2,17,19)(H,18,20)/t10-,11-/m1/s1. The molecule has 1 aliphatic carbocycles. The molecule has 1 saturated carbocycles. The number of nitrogens with one attached hydrogen (secondary N) is 1. The Hall–Kier alpha value is -2.08. The number of nitrogens with two attached hydrogens (primary N) is 1. The maximum absolute atomic E-state index is 12.3. The minimum absolute atomic E-state index is 0.151. The van der Waals surface area contributed by atoms with Crippen LogP contribution < -0.4 is 11.1 Å². The van der Waals surface area contributed by atoms with Gasteiger partial charge in [-0.1, -0.05) is 6.42 Å². The Kier molecular flexibility index (Phi) is 4.02. The number of furan rings is 1. The average Bonchev–Trinajstić information content (AvgIpc) is 3.16. The molecular formula is C16H18N2O3S. The summed E-state index contributed by atoms with van der Waals surface area (Å²) < 4.78 is 5.56. The highest BCUT2D eigenvalue weighted by molar-refractivity contribution is 7.17. The zero-order valence-electron chi connectivity index (χ0n) is 12.3. The van der Waals surface area contributed by atoms with Crippen LogP contribution in [0.3, 0.4) is 0 Å². The van der Waals surface area contributed by atoms with Crippen LogP contribution in [0.4, 0.5) is 0 Å². The molecule has 1 fully saturated rings. The van der Waals surface area contributed by atoms with Crippen molar-refractivity contribution in [1.29, 1.82) is 0 Å². The molecule has 116 valence electrons. The highest BCUT2D eigenvalue weighted by atomic mass is 32.1. The first-order valence-electron chi connectivity index (χ1n) is 7.31. The third-order valence-electron chi connectivity index (χ3n) is 4.01. The molecule has 2 amide bonds. The van der Waals surface area contributed by atoms with E-state index in [0.29, 0.717) is 4.88 Å². The van der Waals surface area contributed by atoms with Crippen molar-refractivity contribution >= 4 is 23.2 Å². The van der Waals surface area contributed by atoms with Crippen LogP contribution in [-0.2, 0) is 4.79 Å². The SMILES string of the molecule is Cc1ccc(-c2ccc(C(=O)N[C@@H]3CCC[C@H]3C(N)=O)s2)o1. The molecule has 0 bridgehead atoms. The Balaban J connectivity index is 1.71. The summed E-state index contributed by atoms with van der Waals surface area (Å²) in [6.07, 6.45) is 2.47. The van der Waals surface area contributed by atoms with E-state index in [1.54, 1.807) is 6.07 Å². The Bertz CT molecular complexity index is 704. The van der Waals surface area contributed by atoms with E-state index in [0.717, 1.165) is 35.7 Å². The van der Waals surface area contributed by atoms with Crippen molar-refractivity contribution in [3.05, 3.63) is 34.9 Å². The number of hydrogen-bond donors (Lipinski definition) is 2. The van der Waals surface area contributed by atoms with Crippen molar-refractivity contribution in [1.82, 2.24) is 5.32 Å². The molecule has 0 aromatic carbocycles. The zero-order valence-corrected chi connectivity index (χ0v) is 13.1. The molecule has 22 heavy (non-hydrogen) atoms. The van der Waals surface area contributed by atoms with Gasteiger partial charge in [0.15, 0.2) is 0 Å². The summed E-state index contributed by atoms with van der Waals surface area (Å²) in [5, 5.41) is 2.94. The van der Waals surface area contributed by atoms with Gasteiger partial charge in [-0.15, -0.1) is 11.3 Å². The molecule has 3 N–H and O–H groups in total. The smallest absolute Gasteiger partial charge is 0.261 e. The normalized spacial score (nSPS) is 21.0. The molecule has 2 atom stereocenters. The van der Waals surface area contributed by atoms with Crippen molar-refractivity contribution in [2.45, 2.75) is 32.2 Å². The average molecular weight is 318 g/mol. The summed E-state index contributed by atoms with van der Waals surface area (Å²) in [6.45, 7) is 1.88. The first-order valence-corrected chi connectivity index (χ1v) is 8.13. The van der Waals surface area contributed by atoms with Gasteiger partial charge in [0.1, 0.15) is 11.5 Å². The highest BCUT2D eigenvalue weighted by Gasteiger charge is 2.32. The monoisotopic (exact) mass is 318 g/mol. The fourth-order valence-corrected chi connectivity index (χ4v) is 3.74. The first-order chi connectivity index (χ1) is 10.5. The quantitative estimate of drug-likeness (QED) is 0.909. The molecule has 6 heteroatoms. The van der Waals surface area contributed by atoms with Crippen LogP contribution >= 0.6 is 11.3 Å². The van der Waals surface area contributed by atoms with Gasteiger partial charge >= 0.3 is 0 Å². The van der Waals surface area contributed by atoms with E-state index in [1.807, 2.05) is 25.1 Å². The van der Waals surface area contributed by atoms with Crippen LogP contribution in [-0.4, -0.2) is 17.9 Å². The maximum atomic E-state index is 12.3. The lowest BCUT2D eigenvalue weighted by Crippen LogP contribution is -2.42. The number of primary amides is 1. The molecule has 5 nitrogen and oxygen atoms in total. The van der Waals surface area contributed by atoms with Gasteiger partial charge < -0.3 is 15.5 Å². The van der Waals surface area contributed by atoms with Crippen LogP contribution in [0.1, 0.15) is 34.7 Å². The number of aryl methyl sites for hydroxylation is 1.